The molecule has 0 aliphatic heterocycles. The number of carbonyl (C=O) groups excluding carboxylic acids is 1. The number of nitro groups is 1. The Morgan fingerprint density at radius 1 is 1.35 bits per heavy atom. The van der Waals surface area contributed by atoms with Crippen molar-refractivity contribution in [2.45, 2.75) is 12.8 Å². The second kappa shape index (κ2) is 7.06. The minimum absolute atomic E-state index is 0.0898. The first-order valence-corrected chi connectivity index (χ1v) is 6.22. The predicted molar refractivity (Wildman–Crippen MR) is 72.3 cm³/mol. The molecule has 0 atom stereocenters. The minimum atomic E-state index is -0.976. The molecule has 2 N–H and O–H groups in total. The molecule has 1 rings (SSSR count). The van der Waals surface area contributed by atoms with Crippen LogP contribution in [0.15, 0.2) is 12.1 Å². The normalized spacial score (nSPS) is 10.1. The maximum atomic E-state index is 11.8. The summed E-state index contributed by atoms with van der Waals surface area (Å²) in [6.45, 7) is 0.113. The molecular weight excluding hydrogens is 311 g/mol. The average molecular weight is 321 g/mol. The molecule has 0 unspecified atom stereocenters. The predicted octanol–water partition coefficient (Wildman–Crippen LogP) is 2.50. The van der Waals surface area contributed by atoms with E-state index in [2.05, 4.69) is 5.32 Å². The van der Waals surface area contributed by atoms with Gasteiger partial charge in [-0.05, 0) is 6.42 Å². The largest absolute Gasteiger partial charge is 0.481 e. The van der Waals surface area contributed by atoms with E-state index in [0.29, 0.717) is 0 Å². The molecule has 0 saturated heterocycles. The molecule has 1 aromatic carbocycles. The first-order chi connectivity index (χ1) is 9.32. The molecule has 108 valence electrons. The van der Waals surface area contributed by atoms with Crippen LogP contribution < -0.4 is 5.32 Å². The quantitative estimate of drug-likeness (QED) is 0.475. The number of aliphatic carboxylic acids is 1. The number of hydrogen-bond donors (Lipinski definition) is 2. The zero-order valence-electron chi connectivity index (χ0n) is 10.1. The summed E-state index contributed by atoms with van der Waals surface area (Å²) in [6.07, 6.45) is 0.144. The third-order valence-corrected chi connectivity index (χ3v) is 3.12. The molecule has 1 aromatic rings. The third kappa shape index (κ3) is 4.36. The van der Waals surface area contributed by atoms with E-state index in [4.69, 9.17) is 28.3 Å². The van der Waals surface area contributed by atoms with Crippen LogP contribution >= 0.6 is 23.2 Å². The lowest BCUT2D eigenvalue weighted by molar-refractivity contribution is -0.384. The van der Waals surface area contributed by atoms with Crippen LogP contribution in [-0.4, -0.2) is 28.5 Å². The van der Waals surface area contributed by atoms with Crippen LogP contribution in [0, 0.1) is 10.1 Å². The van der Waals surface area contributed by atoms with Gasteiger partial charge < -0.3 is 10.4 Å². The molecular formula is C11H10Cl2N2O5. The molecule has 0 radical (unpaired) electrons. The smallest absolute Gasteiger partial charge is 0.303 e. The molecule has 0 saturated carbocycles. The van der Waals surface area contributed by atoms with Gasteiger partial charge in [0.1, 0.15) is 0 Å². The number of nitrogens with one attached hydrogen (secondary N) is 1. The molecule has 0 aliphatic rings. The Hall–Kier alpha value is -1.86. The second-order valence-electron chi connectivity index (χ2n) is 3.80. The Morgan fingerprint density at radius 3 is 2.55 bits per heavy atom. The van der Waals surface area contributed by atoms with Gasteiger partial charge in [-0.2, -0.15) is 0 Å². The number of carbonyl (C=O) groups is 2. The number of amides is 1. The van der Waals surface area contributed by atoms with Crippen molar-refractivity contribution in [2.24, 2.45) is 0 Å². The van der Waals surface area contributed by atoms with Crippen molar-refractivity contribution in [2.75, 3.05) is 6.54 Å². The van der Waals surface area contributed by atoms with Crippen LogP contribution in [-0.2, 0) is 4.79 Å². The lowest BCUT2D eigenvalue weighted by Gasteiger charge is -2.07. The molecule has 1 amide bonds. The van der Waals surface area contributed by atoms with E-state index in [1.165, 1.54) is 0 Å². The fourth-order valence-corrected chi connectivity index (χ4v) is 1.79. The van der Waals surface area contributed by atoms with Crippen LogP contribution in [0.4, 0.5) is 5.69 Å². The van der Waals surface area contributed by atoms with Crippen molar-refractivity contribution in [3.05, 3.63) is 37.9 Å². The van der Waals surface area contributed by atoms with Crippen LogP contribution in [0.1, 0.15) is 23.2 Å². The lowest BCUT2D eigenvalue weighted by Crippen LogP contribution is -2.25. The number of rotatable bonds is 6. The average Bonchev–Trinajstić information content (AvgIpc) is 2.36. The third-order valence-electron chi connectivity index (χ3n) is 2.32. The first-order valence-electron chi connectivity index (χ1n) is 5.46. The summed E-state index contributed by atoms with van der Waals surface area (Å²) >= 11 is 11.5. The number of non-ortho nitro benzene ring substituents is 1. The van der Waals surface area contributed by atoms with Crippen LogP contribution in [0.2, 0.25) is 10.0 Å². The zero-order chi connectivity index (χ0) is 15.3. The zero-order valence-corrected chi connectivity index (χ0v) is 11.6. The van der Waals surface area contributed by atoms with E-state index in [1.54, 1.807) is 0 Å². The topological polar surface area (TPSA) is 110 Å². The van der Waals surface area contributed by atoms with E-state index >= 15 is 0 Å². The van der Waals surface area contributed by atoms with E-state index in [-0.39, 0.29) is 40.7 Å². The Kier molecular flexibility index (Phi) is 5.72. The molecule has 20 heavy (non-hydrogen) atoms. The van der Waals surface area contributed by atoms with Crippen molar-refractivity contribution in [1.82, 2.24) is 5.32 Å². The highest BCUT2D eigenvalue weighted by molar-refractivity contribution is 6.44. The minimum Gasteiger partial charge on any atom is -0.481 e. The summed E-state index contributed by atoms with van der Waals surface area (Å²) in [7, 11) is 0. The van der Waals surface area contributed by atoms with Gasteiger partial charge >= 0.3 is 5.97 Å². The SMILES string of the molecule is O=C(O)CCCNC(=O)c1cc([N+](=O)[O-])cc(Cl)c1Cl. The van der Waals surface area contributed by atoms with Gasteiger partial charge in [-0.15, -0.1) is 0 Å². The van der Waals surface area contributed by atoms with Gasteiger partial charge in [-0.3, -0.25) is 19.7 Å². The van der Waals surface area contributed by atoms with E-state index < -0.39 is 16.8 Å². The molecule has 0 fully saturated rings. The summed E-state index contributed by atoms with van der Waals surface area (Å²) in [5.41, 5.74) is -0.476. The number of nitro benzene ring substituents is 1. The summed E-state index contributed by atoms with van der Waals surface area (Å²) < 4.78 is 0. The van der Waals surface area contributed by atoms with Gasteiger partial charge in [0.15, 0.2) is 0 Å². The Balaban J connectivity index is 2.81. The van der Waals surface area contributed by atoms with Gasteiger partial charge in [0.25, 0.3) is 11.6 Å². The number of benzene rings is 1. The second-order valence-corrected chi connectivity index (χ2v) is 4.58. The highest BCUT2D eigenvalue weighted by Gasteiger charge is 2.19. The summed E-state index contributed by atoms with van der Waals surface area (Å²) in [6, 6.07) is 2.06. The highest BCUT2D eigenvalue weighted by atomic mass is 35.5. The number of halogens is 2. The molecule has 0 aliphatic carbocycles. The number of hydrogen-bond acceptors (Lipinski definition) is 4. The van der Waals surface area contributed by atoms with E-state index in [1.807, 2.05) is 0 Å². The number of nitrogens with zero attached hydrogens (tertiary/aromatic N) is 1. The van der Waals surface area contributed by atoms with Crippen molar-refractivity contribution in [1.29, 1.82) is 0 Å². The Labute approximate surface area is 123 Å². The number of carboxylic acids is 1. The lowest BCUT2D eigenvalue weighted by atomic mass is 10.2. The van der Waals surface area contributed by atoms with E-state index in [9.17, 15) is 19.7 Å². The maximum Gasteiger partial charge on any atom is 0.303 e. The van der Waals surface area contributed by atoms with Gasteiger partial charge in [0, 0.05) is 25.1 Å². The van der Waals surface area contributed by atoms with Crippen LogP contribution in [0.3, 0.4) is 0 Å². The molecule has 7 nitrogen and oxygen atoms in total. The van der Waals surface area contributed by atoms with Crippen LogP contribution in [0.5, 0.6) is 0 Å². The van der Waals surface area contributed by atoms with Crippen molar-refractivity contribution in [3.63, 3.8) is 0 Å². The first kappa shape index (κ1) is 16.2. The fourth-order valence-electron chi connectivity index (χ4n) is 1.38. The highest BCUT2D eigenvalue weighted by Crippen LogP contribution is 2.30. The van der Waals surface area contributed by atoms with E-state index in [0.717, 1.165) is 12.1 Å². The maximum absolute atomic E-state index is 11.8. The number of carboxylic acid groups (broad SMARTS) is 1. The molecule has 0 aromatic heterocycles. The summed E-state index contributed by atoms with van der Waals surface area (Å²) in [5.74, 6) is -1.62. The fraction of sp³-hybridized carbons (Fsp3) is 0.273. The van der Waals surface area contributed by atoms with Crippen molar-refractivity contribution in [3.8, 4) is 0 Å². The summed E-state index contributed by atoms with van der Waals surface area (Å²) in [4.78, 5) is 32.1. The van der Waals surface area contributed by atoms with Crippen molar-refractivity contribution >= 4 is 40.8 Å². The van der Waals surface area contributed by atoms with Gasteiger partial charge in [-0.25, -0.2) is 0 Å². The van der Waals surface area contributed by atoms with Gasteiger partial charge in [-0.1, -0.05) is 23.2 Å². The van der Waals surface area contributed by atoms with Gasteiger partial charge in [0.05, 0.1) is 20.5 Å². The Bertz CT molecular complexity index is 562. The molecule has 0 spiro atoms. The molecule has 0 heterocycles. The Morgan fingerprint density at radius 2 is 2.00 bits per heavy atom. The van der Waals surface area contributed by atoms with Crippen molar-refractivity contribution < 1.29 is 19.6 Å². The summed E-state index contributed by atoms with van der Waals surface area (Å²) in [5, 5.41) is 21.4. The molecule has 9 heteroatoms. The molecule has 0 bridgehead atoms. The standard InChI is InChI=1S/C11H10Cl2N2O5/c12-8-5-6(15(19)20)4-7(10(8)13)11(18)14-3-1-2-9(16)17/h4-5H,1-3H2,(H,14,18)(H,16,17). The monoisotopic (exact) mass is 320 g/mol. The van der Waals surface area contributed by atoms with Crippen LogP contribution in [0.25, 0.3) is 0 Å². The van der Waals surface area contributed by atoms with Gasteiger partial charge in [0.2, 0.25) is 0 Å².